The van der Waals surface area contributed by atoms with Crippen LogP contribution in [0.5, 0.6) is 0 Å². The van der Waals surface area contributed by atoms with Gasteiger partial charge in [-0.05, 0) is 11.6 Å². The molecule has 0 radical (unpaired) electrons. The summed E-state index contributed by atoms with van der Waals surface area (Å²) in [4.78, 5) is 16.6. The van der Waals surface area contributed by atoms with Crippen LogP contribution in [0.15, 0.2) is 79.1 Å². The first-order valence-electron chi connectivity index (χ1n) is 6.45. The Kier molecular flexibility index (Phi) is 3.38. The number of carbonyl (C=O) groups excluding carboxylic acids is 1. The molecule has 0 spiro atoms. The maximum Gasteiger partial charge on any atom is 0.194 e. The minimum atomic E-state index is -0.00381. The largest absolute Gasteiger partial charge is 0.289 e. The molecule has 2 nitrogen and oxygen atoms in total. The van der Waals surface area contributed by atoms with Gasteiger partial charge in [0.05, 0.1) is 0 Å². The quantitative estimate of drug-likeness (QED) is 0.666. The summed E-state index contributed by atoms with van der Waals surface area (Å²) in [6.45, 7) is 0. The highest BCUT2D eigenvalue weighted by Gasteiger charge is 2.10. The highest BCUT2D eigenvalue weighted by molar-refractivity contribution is 6.09. The molecule has 0 aliphatic rings. The molecule has 20 heavy (non-hydrogen) atoms. The van der Waals surface area contributed by atoms with Crippen molar-refractivity contribution in [3.8, 4) is 11.1 Å². The van der Waals surface area contributed by atoms with Crippen LogP contribution < -0.4 is 0 Å². The van der Waals surface area contributed by atoms with Gasteiger partial charge in [-0.15, -0.1) is 0 Å². The first-order valence-corrected chi connectivity index (χ1v) is 6.45. The molecule has 0 atom stereocenters. The number of hydrogen-bond donors (Lipinski definition) is 0. The van der Waals surface area contributed by atoms with Crippen molar-refractivity contribution in [2.75, 3.05) is 0 Å². The lowest BCUT2D eigenvalue weighted by atomic mass is 10.0. The van der Waals surface area contributed by atoms with E-state index in [4.69, 9.17) is 0 Å². The average molecular weight is 259 g/mol. The fourth-order valence-corrected chi connectivity index (χ4v) is 2.11. The predicted octanol–water partition coefficient (Wildman–Crippen LogP) is 3.98. The van der Waals surface area contributed by atoms with Crippen LogP contribution in [0.2, 0.25) is 0 Å². The minimum absolute atomic E-state index is 0.00381. The fraction of sp³-hybridized carbons (Fsp3) is 0. The molecule has 96 valence electrons. The van der Waals surface area contributed by atoms with E-state index in [2.05, 4.69) is 4.98 Å². The molecule has 2 aromatic carbocycles. The molecule has 0 saturated heterocycles. The standard InChI is InChI=1S/C18H13NO/c20-18(15-9-5-2-6-10-15)17-11-16(12-19-13-17)14-7-3-1-4-8-14/h1-13H. The summed E-state index contributed by atoms with van der Waals surface area (Å²) in [5.74, 6) is -0.00381. The zero-order valence-corrected chi connectivity index (χ0v) is 10.9. The van der Waals surface area contributed by atoms with Gasteiger partial charge in [0.1, 0.15) is 0 Å². The highest BCUT2D eigenvalue weighted by Crippen LogP contribution is 2.20. The predicted molar refractivity (Wildman–Crippen MR) is 79.5 cm³/mol. The molecule has 1 heterocycles. The Morgan fingerprint density at radius 1 is 0.700 bits per heavy atom. The molecule has 0 saturated carbocycles. The van der Waals surface area contributed by atoms with Crippen molar-refractivity contribution >= 4 is 5.78 Å². The zero-order valence-electron chi connectivity index (χ0n) is 10.9. The summed E-state index contributed by atoms with van der Waals surface area (Å²) in [6.07, 6.45) is 3.39. The SMILES string of the molecule is O=C(c1ccccc1)c1cncc(-c2ccccc2)c1. The van der Waals surface area contributed by atoms with Gasteiger partial charge in [-0.3, -0.25) is 9.78 Å². The van der Waals surface area contributed by atoms with Gasteiger partial charge in [0.15, 0.2) is 5.78 Å². The lowest BCUT2D eigenvalue weighted by molar-refractivity contribution is 0.103. The minimum Gasteiger partial charge on any atom is -0.289 e. The molecule has 0 aliphatic heterocycles. The summed E-state index contributed by atoms with van der Waals surface area (Å²) in [7, 11) is 0. The van der Waals surface area contributed by atoms with Gasteiger partial charge in [0.25, 0.3) is 0 Å². The second-order valence-corrected chi connectivity index (χ2v) is 4.52. The Labute approximate surface area is 117 Å². The fourth-order valence-electron chi connectivity index (χ4n) is 2.11. The molecular formula is C18H13NO. The first kappa shape index (κ1) is 12.3. The maximum absolute atomic E-state index is 12.4. The highest BCUT2D eigenvalue weighted by atomic mass is 16.1. The third kappa shape index (κ3) is 2.50. The second kappa shape index (κ2) is 5.49. The molecule has 0 fully saturated rings. The van der Waals surface area contributed by atoms with Crippen LogP contribution in [-0.2, 0) is 0 Å². The summed E-state index contributed by atoms with van der Waals surface area (Å²) in [5.41, 5.74) is 3.30. The normalized spacial score (nSPS) is 10.2. The summed E-state index contributed by atoms with van der Waals surface area (Å²) < 4.78 is 0. The van der Waals surface area contributed by atoms with E-state index < -0.39 is 0 Å². The van der Waals surface area contributed by atoms with Crippen LogP contribution in [0.1, 0.15) is 15.9 Å². The molecule has 0 bridgehead atoms. The van der Waals surface area contributed by atoms with Crippen molar-refractivity contribution in [2.45, 2.75) is 0 Å². The van der Waals surface area contributed by atoms with Crippen LogP contribution in [-0.4, -0.2) is 10.8 Å². The summed E-state index contributed by atoms with van der Waals surface area (Å²) >= 11 is 0. The Balaban J connectivity index is 1.98. The molecule has 0 unspecified atom stereocenters. The van der Waals surface area contributed by atoms with Gasteiger partial charge in [-0.25, -0.2) is 0 Å². The monoisotopic (exact) mass is 259 g/mol. The number of carbonyl (C=O) groups is 1. The maximum atomic E-state index is 12.4. The molecule has 3 rings (SSSR count). The molecule has 1 aromatic heterocycles. The third-order valence-corrected chi connectivity index (χ3v) is 3.14. The van der Waals surface area contributed by atoms with Crippen molar-refractivity contribution < 1.29 is 4.79 Å². The summed E-state index contributed by atoms with van der Waals surface area (Å²) in [6, 6.07) is 21.1. The van der Waals surface area contributed by atoms with E-state index in [1.165, 1.54) is 0 Å². The van der Waals surface area contributed by atoms with Crippen molar-refractivity contribution in [1.29, 1.82) is 0 Å². The summed E-state index contributed by atoms with van der Waals surface area (Å²) in [5, 5.41) is 0. The van der Waals surface area contributed by atoms with Crippen LogP contribution in [0.3, 0.4) is 0 Å². The van der Waals surface area contributed by atoms with E-state index in [0.717, 1.165) is 11.1 Å². The van der Waals surface area contributed by atoms with E-state index in [0.29, 0.717) is 11.1 Å². The zero-order chi connectivity index (χ0) is 13.8. The number of nitrogens with zero attached hydrogens (tertiary/aromatic N) is 1. The van der Waals surface area contributed by atoms with Crippen molar-refractivity contribution in [3.63, 3.8) is 0 Å². The molecule has 3 aromatic rings. The van der Waals surface area contributed by atoms with E-state index in [1.807, 2.05) is 66.7 Å². The van der Waals surface area contributed by atoms with Gasteiger partial charge in [0, 0.05) is 29.1 Å². The number of pyridine rings is 1. The van der Waals surface area contributed by atoms with Crippen LogP contribution >= 0.6 is 0 Å². The Morgan fingerprint density at radius 2 is 1.35 bits per heavy atom. The second-order valence-electron chi connectivity index (χ2n) is 4.52. The number of hydrogen-bond acceptors (Lipinski definition) is 2. The van der Waals surface area contributed by atoms with E-state index >= 15 is 0 Å². The topological polar surface area (TPSA) is 30.0 Å². The van der Waals surface area contributed by atoms with Gasteiger partial charge in [-0.1, -0.05) is 60.7 Å². The van der Waals surface area contributed by atoms with Crippen molar-refractivity contribution in [1.82, 2.24) is 4.98 Å². The lowest BCUT2D eigenvalue weighted by Crippen LogP contribution is -2.01. The Bertz CT molecular complexity index is 721. The van der Waals surface area contributed by atoms with Crippen LogP contribution in [0.25, 0.3) is 11.1 Å². The Morgan fingerprint density at radius 3 is 2.05 bits per heavy atom. The first-order chi connectivity index (χ1) is 9.84. The van der Waals surface area contributed by atoms with Gasteiger partial charge >= 0.3 is 0 Å². The molecule has 0 N–H and O–H groups in total. The van der Waals surface area contributed by atoms with Crippen molar-refractivity contribution in [2.24, 2.45) is 0 Å². The Hall–Kier alpha value is -2.74. The average Bonchev–Trinajstić information content (AvgIpc) is 2.56. The number of ketones is 1. The van der Waals surface area contributed by atoms with Crippen LogP contribution in [0.4, 0.5) is 0 Å². The number of rotatable bonds is 3. The lowest BCUT2D eigenvalue weighted by Gasteiger charge is -2.04. The van der Waals surface area contributed by atoms with E-state index in [-0.39, 0.29) is 5.78 Å². The van der Waals surface area contributed by atoms with E-state index in [1.54, 1.807) is 12.4 Å². The smallest absolute Gasteiger partial charge is 0.194 e. The van der Waals surface area contributed by atoms with Gasteiger partial charge < -0.3 is 0 Å². The molecule has 2 heteroatoms. The molecule has 0 aliphatic carbocycles. The molecular weight excluding hydrogens is 246 g/mol. The van der Waals surface area contributed by atoms with Gasteiger partial charge in [0.2, 0.25) is 0 Å². The van der Waals surface area contributed by atoms with Crippen molar-refractivity contribution in [3.05, 3.63) is 90.3 Å². The molecule has 0 amide bonds. The number of benzene rings is 2. The number of aromatic nitrogens is 1. The van der Waals surface area contributed by atoms with Gasteiger partial charge in [-0.2, -0.15) is 0 Å². The van der Waals surface area contributed by atoms with Crippen LogP contribution in [0, 0.1) is 0 Å². The third-order valence-electron chi connectivity index (χ3n) is 3.14. The van der Waals surface area contributed by atoms with E-state index in [9.17, 15) is 4.79 Å².